The number of carbonyl (C=O) groups excluding carboxylic acids is 4. The van der Waals surface area contributed by atoms with Crippen molar-refractivity contribution < 1.29 is 102 Å². The molecule has 0 aromatic carbocycles. The predicted molar refractivity (Wildman–Crippen MR) is 239 cm³/mol. The Morgan fingerprint density at radius 3 is 2.15 bits per heavy atom. The molecular formula is C50H72O21. The molecule has 71 heavy (non-hydrogen) atoms. The topological polar surface area (TPSA) is 291 Å². The van der Waals surface area contributed by atoms with Gasteiger partial charge in [-0.2, -0.15) is 0 Å². The molecule has 0 radical (unpaired) electrons. The molecule has 398 valence electrons. The highest BCUT2D eigenvalue weighted by Gasteiger charge is 2.72. The van der Waals surface area contributed by atoms with Gasteiger partial charge in [0.1, 0.15) is 48.8 Å². The first-order valence-electron chi connectivity index (χ1n) is 25.1. The smallest absolute Gasteiger partial charge is 0.303 e. The lowest BCUT2D eigenvalue weighted by atomic mass is 9.46. The molecule has 26 atom stereocenters. The first-order valence-corrected chi connectivity index (χ1v) is 25.1. The fraction of sp³-hybridized carbons (Fsp3) is 0.840. The highest BCUT2D eigenvalue weighted by Crippen LogP contribution is 2.71. The molecule has 9 aliphatic rings. The lowest BCUT2D eigenvalue weighted by molar-refractivity contribution is -0.363. The van der Waals surface area contributed by atoms with Gasteiger partial charge in [-0.05, 0) is 80.6 Å². The van der Waals surface area contributed by atoms with Crippen LogP contribution in [0.15, 0.2) is 23.8 Å². The normalized spacial score (nSPS) is 51.6. The molecule has 5 saturated heterocycles. The van der Waals surface area contributed by atoms with Crippen molar-refractivity contribution in [3.63, 3.8) is 0 Å². The van der Waals surface area contributed by atoms with Crippen LogP contribution in [0.3, 0.4) is 0 Å². The third-order valence-corrected chi connectivity index (χ3v) is 17.9. The highest BCUT2D eigenvalue weighted by atomic mass is 16.8. The third kappa shape index (κ3) is 8.93. The summed E-state index contributed by atoms with van der Waals surface area (Å²) in [5.41, 5.74) is 0.518. The van der Waals surface area contributed by atoms with Crippen molar-refractivity contribution in [1.82, 2.24) is 0 Å². The molecule has 0 aromatic rings. The number of hydrogen-bond donors (Lipinski definition) is 6. The molecule has 21 nitrogen and oxygen atoms in total. The van der Waals surface area contributed by atoms with Crippen molar-refractivity contribution in [2.24, 2.45) is 40.4 Å². The number of fused-ring (bicyclic) bond motifs is 7. The van der Waals surface area contributed by atoms with Crippen LogP contribution in [-0.4, -0.2) is 184 Å². The molecule has 0 amide bonds. The largest absolute Gasteiger partial charge is 0.456 e. The Kier molecular flexibility index (Phi) is 14.6. The monoisotopic (exact) mass is 1010 g/mol. The van der Waals surface area contributed by atoms with Crippen LogP contribution >= 0.6 is 0 Å². The minimum absolute atomic E-state index is 0.00706. The van der Waals surface area contributed by atoms with Crippen LogP contribution in [0.4, 0.5) is 0 Å². The molecule has 0 bridgehead atoms. The number of ketones is 1. The van der Waals surface area contributed by atoms with Crippen LogP contribution in [-0.2, 0) is 71.3 Å². The van der Waals surface area contributed by atoms with E-state index in [0.29, 0.717) is 18.4 Å². The van der Waals surface area contributed by atoms with Gasteiger partial charge in [-0.3, -0.25) is 19.2 Å². The second kappa shape index (κ2) is 19.6. The molecular weight excluding hydrogens is 937 g/mol. The predicted octanol–water partition coefficient (Wildman–Crippen LogP) is 0.634. The summed E-state index contributed by atoms with van der Waals surface area (Å²) in [6, 6.07) is 0. The number of aliphatic hydroxyl groups is 6. The van der Waals surface area contributed by atoms with E-state index in [-0.39, 0.29) is 60.7 Å². The zero-order valence-corrected chi connectivity index (χ0v) is 41.5. The minimum Gasteiger partial charge on any atom is -0.456 e. The van der Waals surface area contributed by atoms with Crippen LogP contribution in [0.5, 0.6) is 0 Å². The summed E-state index contributed by atoms with van der Waals surface area (Å²) in [6.07, 6.45) is -16.8. The van der Waals surface area contributed by atoms with Crippen molar-refractivity contribution in [2.45, 2.75) is 210 Å². The van der Waals surface area contributed by atoms with E-state index in [9.17, 15) is 49.8 Å². The Balaban J connectivity index is 0.946. The number of Topliss-reactive ketones (excluding diaryl/α,β-unsaturated/α-hetero) is 1. The maximum Gasteiger partial charge on any atom is 0.303 e. The average molecular weight is 1010 g/mol. The summed E-state index contributed by atoms with van der Waals surface area (Å²) >= 11 is 0. The van der Waals surface area contributed by atoms with Gasteiger partial charge in [0, 0.05) is 38.5 Å². The van der Waals surface area contributed by atoms with Crippen LogP contribution in [0.1, 0.15) is 93.9 Å². The molecule has 1 spiro atoms. The number of esters is 3. The van der Waals surface area contributed by atoms with Gasteiger partial charge in [-0.25, -0.2) is 0 Å². The van der Waals surface area contributed by atoms with E-state index in [4.69, 9.17) is 52.1 Å². The van der Waals surface area contributed by atoms with Crippen LogP contribution < -0.4 is 0 Å². The summed E-state index contributed by atoms with van der Waals surface area (Å²) in [7, 11) is 0. The van der Waals surface area contributed by atoms with E-state index < -0.39 is 139 Å². The van der Waals surface area contributed by atoms with Gasteiger partial charge in [-0.15, -0.1) is 0 Å². The zero-order chi connectivity index (χ0) is 51.4. The van der Waals surface area contributed by atoms with Crippen molar-refractivity contribution in [1.29, 1.82) is 0 Å². The summed E-state index contributed by atoms with van der Waals surface area (Å²) in [6.45, 7) is 16.7. The molecule has 21 heteroatoms. The molecule has 9 rings (SSSR count). The van der Waals surface area contributed by atoms with E-state index in [1.807, 2.05) is 6.92 Å². The van der Waals surface area contributed by atoms with Crippen LogP contribution in [0, 0.1) is 40.4 Å². The fourth-order valence-corrected chi connectivity index (χ4v) is 14.6. The van der Waals surface area contributed by atoms with Gasteiger partial charge in [-0.1, -0.05) is 39.0 Å². The highest BCUT2D eigenvalue weighted by molar-refractivity contribution is 5.88. The summed E-state index contributed by atoms with van der Waals surface area (Å²) in [4.78, 5) is 49.3. The Hall–Kier alpha value is -3.00. The van der Waals surface area contributed by atoms with Gasteiger partial charge in [0.25, 0.3) is 0 Å². The van der Waals surface area contributed by atoms with E-state index in [2.05, 4.69) is 26.5 Å². The Bertz CT molecular complexity index is 2100. The first kappa shape index (κ1) is 52.8. The third-order valence-electron chi connectivity index (χ3n) is 17.9. The summed E-state index contributed by atoms with van der Waals surface area (Å²) in [5.74, 6) is -4.45. The van der Waals surface area contributed by atoms with Gasteiger partial charge >= 0.3 is 17.9 Å². The second-order valence-corrected chi connectivity index (χ2v) is 22.0. The number of rotatable bonds is 9. The van der Waals surface area contributed by atoms with Crippen molar-refractivity contribution in [3.8, 4) is 0 Å². The van der Waals surface area contributed by atoms with E-state index in [0.717, 1.165) is 38.7 Å². The maximum atomic E-state index is 12.5. The molecule has 8 fully saturated rings. The molecule has 3 saturated carbocycles. The van der Waals surface area contributed by atoms with Crippen LogP contribution in [0.25, 0.3) is 0 Å². The minimum atomic E-state index is -1.72. The summed E-state index contributed by atoms with van der Waals surface area (Å²) in [5, 5.41) is 67.3. The van der Waals surface area contributed by atoms with Crippen molar-refractivity contribution >= 4 is 23.7 Å². The lowest BCUT2D eigenvalue weighted by Crippen LogP contribution is -2.65. The number of ether oxygens (including phenoxy) is 11. The SMILES string of the molecule is C=C1COC2(OC3CC4C5CC=C6CC(O)CC(OC7OCC(O)C(O)C7OC7OC(C)C(OC(C)=O)C(OC(C)=O)C7OC(C)=O)C6(C)C5CCC4(C)C3C2C)C(O)C1OC1OC(C)C(=O)C(O)C1O. The molecule has 4 aliphatic carbocycles. The molecule has 5 aliphatic heterocycles. The summed E-state index contributed by atoms with van der Waals surface area (Å²) < 4.78 is 67.4. The van der Waals surface area contributed by atoms with Gasteiger partial charge < -0.3 is 82.7 Å². The lowest BCUT2D eigenvalue weighted by Gasteiger charge is -2.60. The van der Waals surface area contributed by atoms with Crippen LogP contribution in [0.2, 0.25) is 0 Å². The van der Waals surface area contributed by atoms with Crippen molar-refractivity contribution in [3.05, 3.63) is 23.8 Å². The maximum absolute atomic E-state index is 12.5. The quantitative estimate of drug-likeness (QED) is 0.105. The average Bonchev–Trinajstić information content (AvgIpc) is 3.76. The van der Waals surface area contributed by atoms with E-state index >= 15 is 0 Å². The Morgan fingerprint density at radius 2 is 1.46 bits per heavy atom. The number of aliphatic hydroxyl groups excluding tert-OH is 6. The van der Waals surface area contributed by atoms with Gasteiger partial charge in [0.05, 0.1) is 37.6 Å². The number of allylic oxidation sites excluding steroid dienone is 1. The van der Waals surface area contributed by atoms with E-state index in [1.54, 1.807) is 6.92 Å². The molecule has 0 aromatic heterocycles. The van der Waals surface area contributed by atoms with Gasteiger partial charge in [0.2, 0.25) is 5.79 Å². The molecule has 5 heterocycles. The van der Waals surface area contributed by atoms with Crippen molar-refractivity contribution in [2.75, 3.05) is 13.2 Å². The fourth-order valence-electron chi connectivity index (χ4n) is 14.6. The Morgan fingerprint density at radius 1 is 0.789 bits per heavy atom. The zero-order valence-electron chi connectivity index (χ0n) is 41.5. The molecule has 6 N–H and O–H groups in total. The standard InChI is InChI=1S/C50H72O21/c1-19-17-62-50(44(60)39(19)69-45-38(59)37(58)35(56)21(3)63-45)20(2)34-32(71-50)16-30-28-11-10-26-14-27(54)15-33(49(26,9)29(28)12-13-48(30,34)8)68-46-41(36(57)31(55)18-61-46)70-47-43(67-25(7)53)42(66-24(6)52)40(22(4)64-47)65-23(5)51/h10,20-22,27-34,36-47,54-55,57-60H,1,11-18H2,2-9H3. The molecule has 26 unspecified atom stereocenters. The van der Waals surface area contributed by atoms with E-state index in [1.165, 1.54) is 13.8 Å². The number of hydrogen-bond acceptors (Lipinski definition) is 21. The van der Waals surface area contributed by atoms with Gasteiger partial charge in [0.15, 0.2) is 43.0 Å². The Labute approximate surface area is 412 Å². The number of carbonyl (C=O) groups is 4. The first-order chi connectivity index (χ1) is 33.4. The second-order valence-electron chi connectivity index (χ2n) is 22.0.